The van der Waals surface area contributed by atoms with Crippen molar-refractivity contribution in [3.8, 4) is 11.5 Å². The van der Waals surface area contributed by atoms with Gasteiger partial charge in [0.1, 0.15) is 25.2 Å². The molecule has 4 rings (SSSR count). The van der Waals surface area contributed by atoms with Crippen molar-refractivity contribution in [1.82, 2.24) is 4.98 Å². The van der Waals surface area contributed by atoms with Crippen LogP contribution in [0.3, 0.4) is 0 Å². The van der Waals surface area contributed by atoms with Gasteiger partial charge in [-0.05, 0) is 42.5 Å². The summed E-state index contributed by atoms with van der Waals surface area (Å²) >= 11 is 0. The third kappa shape index (κ3) is 4.25. The van der Waals surface area contributed by atoms with Gasteiger partial charge in [0.15, 0.2) is 11.5 Å². The highest BCUT2D eigenvalue weighted by atomic mass is 32.2. The van der Waals surface area contributed by atoms with E-state index < -0.39 is 14.9 Å². The Morgan fingerprint density at radius 1 is 0.933 bits per heavy atom. The number of sulfonamides is 1. The van der Waals surface area contributed by atoms with E-state index in [1.807, 2.05) is 0 Å². The lowest BCUT2D eigenvalue weighted by Gasteiger charge is -2.19. The molecule has 0 unspecified atom stereocenters. The molecule has 0 spiro atoms. The highest BCUT2D eigenvalue weighted by molar-refractivity contribution is 7.92. The van der Waals surface area contributed by atoms with Gasteiger partial charge in [0.05, 0.1) is 9.82 Å². The van der Waals surface area contributed by atoms with Crippen molar-refractivity contribution in [1.29, 1.82) is 0 Å². The number of nitrogens with zero attached hydrogens (tertiary/aromatic N) is 2. The van der Waals surface area contributed by atoms with Gasteiger partial charge in [0, 0.05) is 23.5 Å². The topological polar surface area (TPSA) is 133 Å². The molecule has 0 aliphatic carbocycles. The monoisotopic (exact) mass is 428 g/mol. The van der Waals surface area contributed by atoms with E-state index in [0.717, 1.165) is 6.20 Å². The second-order valence-corrected chi connectivity index (χ2v) is 7.95. The number of hydrogen-bond donors (Lipinski definition) is 2. The van der Waals surface area contributed by atoms with Crippen LogP contribution in [0.25, 0.3) is 0 Å². The smallest absolute Gasteiger partial charge is 0.287 e. The minimum absolute atomic E-state index is 0.0593. The molecule has 154 valence electrons. The molecule has 0 fully saturated rings. The third-order valence-corrected chi connectivity index (χ3v) is 5.57. The number of anilines is 3. The summed E-state index contributed by atoms with van der Waals surface area (Å²) in [6.07, 6.45) is 1.15. The molecule has 2 heterocycles. The zero-order chi connectivity index (χ0) is 21.1. The van der Waals surface area contributed by atoms with Gasteiger partial charge in [0.25, 0.3) is 15.7 Å². The summed E-state index contributed by atoms with van der Waals surface area (Å²) in [5.74, 6) is 1.32. The van der Waals surface area contributed by atoms with E-state index in [-0.39, 0.29) is 10.6 Å². The van der Waals surface area contributed by atoms with Crippen LogP contribution >= 0.6 is 0 Å². The lowest BCUT2D eigenvalue weighted by Crippen LogP contribution is -2.17. The summed E-state index contributed by atoms with van der Waals surface area (Å²) in [5, 5.41) is 13.7. The predicted molar refractivity (Wildman–Crippen MR) is 109 cm³/mol. The number of pyridine rings is 1. The Bertz CT molecular complexity index is 1180. The van der Waals surface area contributed by atoms with Crippen molar-refractivity contribution < 1.29 is 22.8 Å². The molecule has 0 radical (unpaired) electrons. The molecule has 0 atom stereocenters. The van der Waals surface area contributed by atoms with E-state index in [0.29, 0.717) is 41.9 Å². The molecular weight excluding hydrogens is 412 g/mol. The largest absolute Gasteiger partial charge is 0.486 e. The molecule has 0 amide bonds. The highest BCUT2D eigenvalue weighted by Gasteiger charge is 2.19. The second kappa shape index (κ2) is 7.87. The van der Waals surface area contributed by atoms with Crippen molar-refractivity contribution in [3.63, 3.8) is 0 Å². The molecule has 11 heteroatoms. The van der Waals surface area contributed by atoms with Crippen LogP contribution < -0.4 is 19.5 Å². The fraction of sp³-hybridized carbons (Fsp3) is 0.105. The number of hydrogen-bond acceptors (Lipinski definition) is 8. The van der Waals surface area contributed by atoms with E-state index in [1.165, 1.54) is 24.3 Å². The molecule has 1 aliphatic heterocycles. The van der Waals surface area contributed by atoms with Crippen LogP contribution in [-0.2, 0) is 10.0 Å². The van der Waals surface area contributed by atoms with Crippen molar-refractivity contribution in [2.75, 3.05) is 23.3 Å². The highest BCUT2D eigenvalue weighted by Crippen LogP contribution is 2.32. The first kappa shape index (κ1) is 19.5. The summed E-state index contributed by atoms with van der Waals surface area (Å²) < 4.78 is 38.7. The van der Waals surface area contributed by atoms with Crippen molar-refractivity contribution in [3.05, 3.63) is 70.9 Å². The van der Waals surface area contributed by atoms with E-state index >= 15 is 0 Å². The summed E-state index contributed by atoms with van der Waals surface area (Å²) in [6, 6.07) is 13.7. The molecule has 0 saturated carbocycles. The molecule has 10 nitrogen and oxygen atoms in total. The molecule has 1 aliphatic rings. The molecule has 2 aromatic carbocycles. The summed E-state index contributed by atoms with van der Waals surface area (Å²) in [5.41, 5.74) is 0.898. The average Bonchev–Trinajstić information content (AvgIpc) is 2.75. The molecule has 2 N–H and O–H groups in total. The van der Waals surface area contributed by atoms with Crippen LogP contribution in [0.2, 0.25) is 0 Å². The van der Waals surface area contributed by atoms with Gasteiger partial charge in [-0.2, -0.15) is 0 Å². The van der Waals surface area contributed by atoms with Gasteiger partial charge in [0.2, 0.25) is 0 Å². The molecular formula is C19H16N4O6S. The van der Waals surface area contributed by atoms with Crippen molar-refractivity contribution >= 4 is 32.9 Å². The molecule has 0 saturated heterocycles. The van der Waals surface area contributed by atoms with Gasteiger partial charge in [-0.1, -0.05) is 0 Å². The average molecular weight is 428 g/mol. The number of ether oxygens (including phenoxy) is 2. The summed E-state index contributed by atoms with van der Waals surface area (Å²) in [6.45, 7) is 0.787. The zero-order valence-electron chi connectivity index (χ0n) is 15.4. The number of nitro groups is 1. The Kier molecular flexibility index (Phi) is 5.11. The first-order valence-electron chi connectivity index (χ1n) is 8.81. The Labute approximate surface area is 171 Å². The SMILES string of the molecule is O=[N+]([O-])c1ccc(Nc2ccc(NS(=O)(=O)c3ccc4c(c3)OCCO4)cc2)nc1. The van der Waals surface area contributed by atoms with Crippen molar-refractivity contribution in [2.45, 2.75) is 4.90 Å². The molecule has 30 heavy (non-hydrogen) atoms. The van der Waals surface area contributed by atoms with Gasteiger partial charge < -0.3 is 14.8 Å². The quantitative estimate of drug-likeness (QED) is 0.451. The fourth-order valence-electron chi connectivity index (χ4n) is 2.74. The maximum Gasteiger partial charge on any atom is 0.287 e. The lowest BCUT2D eigenvalue weighted by molar-refractivity contribution is -0.385. The predicted octanol–water partition coefficient (Wildman–Crippen LogP) is 3.31. The number of rotatable bonds is 6. The first-order valence-corrected chi connectivity index (χ1v) is 10.3. The first-order chi connectivity index (χ1) is 14.4. The lowest BCUT2D eigenvalue weighted by atomic mass is 10.3. The summed E-state index contributed by atoms with van der Waals surface area (Å²) in [7, 11) is -3.81. The maximum atomic E-state index is 12.7. The van der Waals surface area contributed by atoms with Gasteiger partial charge >= 0.3 is 0 Å². The van der Waals surface area contributed by atoms with Gasteiger partial charge in [-0.3, -0.25) is 14.8 Å². The zero-order valence-corrected chi connectivity index (χ0v) is 16.3. The number of nitrogens with one attached hydrogen (secondary N) is 2. The van der Waals surface area contributed by atoms with Crippen LogP contribution in [-0.4, -0.2) is 31.5 Å². The van der Waals surface area contributed by atoms with Crippen LogP contribution in [0, 0.1) is 10.1 Å². The maximum absolute atomic E-state index is 12.7. The standard InChI is InChI=1S/C19H16N4O6S/c24-23(25)15-5-8-19(20-12-15)21-13-1-3-14(4-2-13)22-30(26,27)16-6-7-17-18(11-16)29-10-9-28-17/h1-8,11-12,22H,9-10H2,(H,20,21). The second-order valence-electron chi connectivity index (χ2n) is 6.27. The molecule has 3 aromatic rings. The van der Waals surface area contributed by atoms with E-state index in [2.05, 4.69) is 15.0 Å². The number of fused-ring (bicyclic) bond motifs is 1. The summed E-state index contributed by atoms with van der Waals surface area (Å²) in [4.78, 5) is 14.2. The van der Waals surface area contributed by atoms with E-state index in [9.17, 15) is 18.5 Å². The Balaban J connectivity index is 1.45. The van der Waals surface area contributed by atoms with Crippen LogP contribution in [0.15, 0.2) is 65.7 Å². The van der Waals surface area contributed by atoms with Crippen LogP contribution in [0.5, 0.6) is 11.5 Å². The van der Waals surface area contributed by atoms with Crippen molar-refractivity contribution in [2.24, 2.45) is 0 Å². The Hall–Kier alpha value is -3.86. The minimum Gasteiger partial charge on any atom is -0.486 e. The van der Waals surface area contributed by atoms with E-state index in [1.54, 1.807) is 30.3 Å². The normalized spacial score (nSPS) is 12.8. The molecule has 0 bridgehead atoms. The number of benzene rings is 2. The van der Waals surface area contributed by atoms with Crippen LogP contribution in [0.4, 0.5) is 22.9 Å². The third-order valence-electron chi connectivity index (χ3n) is 4.19. The Morgan fingerprint density at radius 3 is 2.30 bits per heavy atom. The Morgan fingerprint density at radius 2 is 1.63 bits per heavy atom. The van der Waals surface area contributed by atoms with Gasteiger partial charge in [-0.25, -0.2) is 13.4 Å². The number of aromatic nitrogens is 1. The molecule has 1 aromatic heterocycles. The van der Waals surface area contributed by atoms with Crippen LogP contribution in [0.1, 0.15) is 0 Å². The van der Waals surface area contributed by atoms with E-state index in [4.69, 9.17) is 9.47 Å². The fourth-order valence-corrected chi connectivity index (χ4v) is 3.82. The van der Waals surface area contributed by atoms with Gasteiger partial charge in [-0.15, -0.1) is 0 Å². The minimum atomic E-state index is -3.81.